The monoisotopic (exact) mass is 428 g/mol. The number of rotatable bonds is 5. The fraction of sp³-hybridized carbons (Fsp3) is 0.143. The van der Waals surface area contributed by atoms with Crippen molar-refractivity contribution in [1.29, 1.82) is 0 Å². The number of carbonyl (C=O) groups excluding carboxylic acids is 1. The smallest absolute Gasteiger partial charge is 0.254 e. The Labute approximate surface area is 178 Å². The average molecular weight is 429 g/mol. The van der Waals surface area contributed by atoms with E-state index >= 15 is 0 Å². The topological polar surface area (TPSA) is 80.5 Å². The molecule has 0 unspecified atom stereocenters. The van der Waals surface area contributed by atoms with Crippen LogP contribution in [0.5, 0.6) is 11.5 Å². The van der Waals surface area contributed by atoms with Crippen LogP contribution in [0.4, 0.5) is 5.69 Å². The summed E-state index contributed by atoms with van der Waals surface area (Å²) in [4.78, 5) is 18.8. The summed E-state index contributed by atoms with van der Waals surface area (Å²) in [7, 11) is 0. The number of carbonyl (C=O) groups is 1. The lowest BCUT2D eigenvalue weighted by Gasteiger charge is -2.29. The van der Waals surface area contributed by atoms with E-state index < -0.39 is 0 Å². The van der Waals surface area contributed by atoms with E-state index in [9.17, 15) is 4.79 Å². The van der Waals surface area contributed by atoms with Crippen molar-refractivity contribution in [3.05, 3.63) is 81.6 Å². The van der Waals surface area contributed by atoms with Gasteiger partial charge < -0.3 is 15.1 Å². The fourth-order valence-corrected chi connectivity index (χ4v) is 3.86. The zero-order valence-corrected chi connectivity index (χ0v) is 16.9. The lowest BCUT2D eigenvalue weighted by atomic mass is 9.98. The Balaban J connectivity index is 1.54. The van der Waals surface area contributed by atoms with Crippen molar-refractivity contribution < 1.29 is 9.53 Å². The SMILES string of the molecule is NNc1cc(Cl)c(Oc2ccc3c(c2)CCN(Cc2cccnc2)C3=O)c(Cl)c1. The summed E-state index contributed by atoms with van der Waals surface area (Å²) in [6.07, 6.45) is 4.23. The molecular formula is C21H18Cl2N4O2. The summed E-state index contributed by atoms with van der Waals surface area (Å²) in [5.74, 6) is 6.29. The van der Waals surface area contributed by atoms with Crippen LogP contribution in [0.1, 0.15) is 21.5 Å². The molecule has 2 aromatic carbocycles. The van der Waals surface area contributed by atoms with Gasteiger partial charge in [0.1, 0.15) is 5.75 Å². The van der Waals surface area contributed by atoms with E-state index in [1.165, 1.54) is 0 Å². The largest absolute Gasteiger partial charge is 0.454 e. The Morgan fingerprint density at radius 3 is 2.66 bits per heavy atom. The molecule has 0 radical (unpaired) electrons. The van der Waals surface area contributed by atoms with Crippen molar-refractivity contribution in [1.82, 2.24) is 9.88 Å². The molecule has 0 saturated carbocycles. The second kappa shape index (κ2) is 8.29. The summed E-state index contributed by atoms with van der Waals surface area (Å²) in [6, 6.07) is 12.5. The second-order valence-corrected chi connectivity index (χ2v) is 7.49. The maximum absolute atomic E-state index is 12.9. The van der Waals surface area contributed by atoms with Crippen LogP contribution in [-0.2, 0) is 13.0 Å². The molecular weight excluding hydrogens is 411 g/mol. The molecule has 6 nitrogen and oxygen atoms in total. The van der Waals surface area contributed by atoms with Crippen LogP contribution in [0.25, 0.3) is 0 Å². The van der Waals surface area contributed by atoms with Crippen molar-refractivity contribution in [2.75, 3.05) is 12.0 Å². The summed E-state index contributed by atoms with van der Waals surface area (Å²) in [5, 5.41) is 0.670. The number of hydrogen-bond acceptors (Lipinski definition) is 5. The van der Waals surface area contributed by atoms with Gasteiger partial charge in [0.2, 0.25) is 0 Å². The number of nitrogen functional groups attached to an aromatic ring is 1. The van der Waals surface area contributed by atoms with Crippen molar-refractivity contribution in [2.45, 2.75) is 13.0 Å². The number of pyridine rings is 1. The molecule has 0 fully saturated rings. The number of hydrogen-bond donors (Lipinski definition) is 2. The van der Waals surface area contributed by atoms with E-state index in [2.05, 4.69) is 10.4 Å². The highest BCUT2D eigenvalue weighted by Gasteiger charge is 2.25. The van der Waals surface area contributed by atoms with E-state index in [1.54, 1.807) is 36.7 Å². The third-order valence-electron chi connectivity index (χ3n) is 4.73. The van der Waals surface area contributed by atoms with Gasteiger partial charge in [0.05, 0.1) is 15.7 Å². The minimum atomic E-state index is -0.00362. The van der Waals surface area contributed by atoms with Crippen LogP contribution in [0, 0.1) is 0 Å². The third-order valence-corrected chi connectivity index (χ3v) is 5.29. The minimum Gasteiger partial charge on any atom is -0.454 e. The molecule has 8 heteroatoms. The first-order chi connectivity index (χ1) is 14.0. The van der Waals surface area contributed by atoms with Gasteiger partial charge in [0, 0.05) is 31.0 Å². The number of nitrogens with two attached hydrogens (primary N) is 1. The third kappa shape index (κ3) is 4.15. The van der Waals surface area contributed by atoms with Gasteiger partial charge in [-0.05, 0) is 53.9 Å². The first-order valence-electron chi connectivity index (χ1n) is 9.00. The molecule has 0 bridgehead atoms. The molecule has 2 heterocycles. The highest BCUT2D eigenvalue weighted by Crippen LogP contribution is 2.39. The summed E-state index contributed by atoms with van der Waals surface area (Å²) >= 11 is 12.5. The Bertz CT molecular complexity index is 1040. The number of anilines is 1. The number of benzene rings is 2. The zero-order chi connectivity index (χ0) is 20.4. The van der Waals surface area contributed by atoms with Crippen molar-refractivity contribution in [2.24, 2.45) is 5.84 Å². The van der Waals surface area contributed by atoms with Crippen molar-refractivity contribution in [3.8, 4) is 11.5 Å². The average Bonchev–Trinajstić information content (AvgIpc) is 2.73. The standard InChI is InChI=1S/C21H18Cl2N4O2/c22-18-9-15(26-24)10-19(23)20(18)29-16-3-4-17-14(8-16)5-7-27(21(17)28)12-13-2-1-6-25-11-13/h1-4,6,8-11,26H,5,7,12,24H2. The van der Waals surface area contributed by atoms with E-state index in [-0.39, 0.29) is 5.91 Å². The molecule has 148 valence electrons. The molecule has 1 aliphatic rings. The Morgan fingerprint density at radius 2 is 1.97 bits per heavy atom. The van der Waals surface area contributed by atoms with Crippen LogP contribution in [0.3, 0.4) is 0 Å². The maximum Gasteiger partial charge on any atom is 0.254 e. The number of aromatic nitrogens is 1. The van der Waals surface area contributed by atoms with Gasteiger partial charge in [0.25, 0.3) is 5.91 Å². The van der Waals surface area contributed by atoms with E-state index in [0.29, 0.717) is 45.9 Å². The second-order valence-electron chi connectivity index (χ2n) is 6.67. The molecule has 0 spiro atoms. The first-order valence-corrected chi connectivity index (χ1v) is 9.75. The molecule has 1 aromatic heterocycles. The normalized spacial score (nSPS) is 13.2. The quantitative estimate of drug-likeness (QED) is 0.455. The zero-order valence-electron chi connectivity index (χ0n) is 15.4. The van der Waals surface area contributed by atoms with Crippen molar-refractivity contribution in [3.63, 3.8) is 0 Å². The molecule has 0 saturated heterocycles. The van der Waals surface area contributed by atoms with Crippen LogP contribution in [0.15, 0.2) is 54.9 Å². The number of hydrazine groups is 1. The van der Waals surface area contributed by atoms with Gasteiger partial charge in [-0.25, -0.2) is 0 Å². The van der Waals surface area contributed by atoms with Gasteiger partial charge in [-0.3, -0.25) is 15.6 Å². The van der Waals surface area contributed by atoms with Crippen molar-refractivity contribution >= 4 is 34.8 Å². The number of fused-ring (bicyclic) bond motifs is 1. The van der Waals surface area contributed by atoms with Gasteiger partial charge >= 0.3 is 0 Å². The molecule has 1 amide bonds. The number of halogens is 2. The lowest BCUT2D eigenvalue weighted by Crippen LogP contribution is -2.37. The molecule has 3 N–H and O–H groups in total. The van der Waals surface area contributed by atoms with Gasteiger partial charge in [-0.2, -0.15) is 0 Å². The summed E-state index contributed by atoms with van der Waals surface area (Å²) in [5.41, 5.74) is 5.69. The summed E-state index contributed by atoms with van der Waals surface area (Å²) in [6.45, 7) is 1.17. The Morgan fingerprint density at radius 1 is 1.17 bits per heavy atom. The van der Waals surface area contributed by atoms with Crippen LogP contribution >= 0.6 is 23.2 Å². The summed E-state index contributed by atoms with van der Waals surface area (Å²) < 4.78 is 5.90. The van der Waals surface area contributed by atoms with E-state index in [1.807, 2.05) is 23.1 Å². The molecule has 3 aromatic rings. The van der Waals surface area contributed by atoms with Gasteiger partial charge in [-0.1, -0.05) is 29.3 Å². The molecule has 0 aliphatic carbocycles. The molecule has 1 aliphatic heterocycles. The van der Waals surface area contributed by atoms with E-state index in [0.717, 1.165) is 17.5 Å². The van der Waals surface area contributed by atoms with E-state index in [4.69, 9.17) is 33.8 Å². The Kier molecular flexibility index (Phi) is 5.58. The highest BCUT2D eigenvalue weighted by atomic mass is 35.5. The fourth-order valence-electron chi connectivity index (χ4n) is 3.30. The van der Waals surface area contributed by atoms with Gasteiger partial charge in [-0.15, -0.1) is 0 Å². The Hall–Kier alpha value is -2.80. The van der Waals surface area contributed by atoms with Crippen LogP contribution in [-0.4, -0.2) is 22.3 Å². The number of nitrogens with zero attached hydrogens (tertiary/aromatic N) is 2. The first kappa shape index (κ1) is 19.5. The molecule has 0 atom stereocenters. The predicted molar refractivity (Wildman–Crippen MR) is 113 cm³/mol. The highest BCUT2D eigenvalue weighted by molar-refractivity contribution is 6.37. The molecule has 4 rings (SSSR count). The molecule has 29 heavy (non-hydrogen) atoms. The number of amides is 1. The maximum atomic E-state index is 12.9. The minimum absolute atomic E-state index is 0.00362. The number of nitrogens with one attached hydrogen (secondary N) is 1. The van der Waals surface area contributed by atoms with Crippen LogP contribution < -0.4 is 16.0 Å². The predicted octanol–water partition coefficient (Wildman–Crippen LogP) is 4.66. The lowest BCUT2D eigenvalue weighted by molar-refractivity contribution is 0.0727. The van der Waals surface area contributed by atoms with Crippen LogP contribution in [0.2, 0.25) is 10.0 Å². The van der Waals surface area contributed by atoms with Gasteiger partial charge in [0.15, 0.2) is 5.75 Å². The number of ether oxygens (including phenoxy) is 1.